The van der Waals surface area contributed by atoms with Gasteiger partial charge in [0.25, 0.3) is 0 Å². The molecule has 1 heterocycles. The standard InChI is InChI=1S/C12H16ClNO2.ClH/c1-3-7(2)12(14)8-4-10-11(5-9(8)13)16-6-15-10;/h4-5,7,12H,3,6,14H2,1-2H3;1H/t7?,12-;/m0./s1. The fraction of sp³-hybridized carbons (Fsp3) is 0.500. The Balaban J connectivity index is 0.00000144. The zero-order valence-corrected chi connectivity index (χ0v) is 11.5. The van der Waals surface area contributed by atoms with Gasteiger partial charge in [-0.15, -0.1) is 12.4 Å². The minimum atomic E-state index is -0.0630. The Bertz CT molecular complexity index is 398. The molecule has 2 N–H and O–H groups in total. The Kier molecular flexibility index (Phi) is 4.92. The molecule has 0 amide bonds. The van der Waals surface area contributed by atoms with E-state index in [0.29, 0.717) is 16.7 Å². The van der Waals surface area contributed by atoms with E-state index >= 15 is 0 Å². The maximum Gasteiger partial charge on any atom is 0.231 e. The number of nitrogens with two attached hydrogens (primary N) is 1. The van der Waals surface area contributed by atoms with Crippen LogP contribution in [0.2, 0.25) is 5.02 Å². The molecule has 0 radical (unpaired) electrons. The first-order valence-electron chi connectivity index (χ1n) is 5.48. The Morgan fingerprint density at radius 1 is 1.35 bits per heavy atom. The lowest BCUT2D eigenvalue weighted by molar-refractivity contribution is 0.174. The third-order valence-electron chi connectivity index (χ3n) is 3.11. The lowest BCUT2D eigenvalue weighted by atomic mass is 9.93. The summed E-state index contributed by atoms with van der Waals surface area (Å²) in [6, 6.07) is 3.61. The van der Waals surface area contributed by atoms with E-state index in [4.69, 9.17) is 26.8 Å². The third kappa shape index (κ3) is 2.79. The first kappa shape index (κ1) is 14.4. The van der Waals surface area contributed by atoms with E-state index in [9.17, 15) is 0 Å². The molecule has 1 unspecified atom stereocenters. The number of fused-ring (bicyclic) bond motifs is 1. The molecule has 0 bridgehead atoms. The third-order valence-corrected chi connectivity index (χ3v) is 3.44. The van der Waals surface area contributed by atoms with E-state index in [1.54, 1.807) is 6.07 Å². The minimum absolute atomic E-state index is 0. The van der Waals surface area contributed by atoms with E-state index in [1.165, 1.54) is 0 Å². The van der Waals surface area contributed by atoms with Crippen molar-refractivity contribution in [3.05, 3.63) is 22.7 Å². The number of halogens is 2. The highest BCUT2D eigenvalue weighted by Crippen LogP contribution is 2.40. The first-order chi connectivity index (χ1) is 7.63. The number of hydrogen-bond donors (Lipinski definition) is 1. The highest BCUT2D eigenvalue weighted by molar-refractivity contribution is 6.31. The van der Waals surface area contributed by atoms with Crippen molar-refractivity contribution >= 4 is 24.0 Å². The van der Waals surface area contributed by atoms with Crippen LogP contribution in [0.5, 0.6) is 11.5 Å². The molecule has 1 aromatic rings. The summed E-state index contributed by atoms with van der Waals surface area (Å²) < 4.78 is 10.6. The van der Waals surface area contributed by atoms with Gasteiger partial charge in [-0.25, -0.2) is 0 Å². The summed E-state index contributed by atoms with van der Waals surface area (Å²) in [5, 5.41) is 0.650. The zero-order valence-electron chi connectivity index (χ0n) is 9.90. The van der Waals surface area contributed by atoms with Crippen LogP contribution in [0, 0.1) is 5.92 Å². The second-order valence-electron chi connectivity index (χ2n) is 4.14. The normalized spacial score (nSPS) is 16.2. The van der Waals surface area contributed by atoms with Crippen LogP contribution < -0.4 is 15.2 Å². The molecule has 0 fully saturated rings. The molecule has 0 saturated carbocycles. The van der Waals surface area contributed by atoms with Crippen LogP contribution in [0.25, 0.3) is 0 Å². The van der Waals surface area contributed by atoms with Crippen molar-refractivity contribution in [1.82, 2.24) is 0 Å². The van der Waals surface area contributed by atoms with Gasteiger partial charge in [0.2, 0.25) is 6.79 Å². The van der Waals surface area contributed by atoms with Crippen LogP contribution in [0.15, 0.2) is 12.1 Å². The molecule has 1 aliphatic heterocycles. The quantitative estimate of drug-likeness (QED) is 0.919. The van der Waals surface area contributed by atoms with Crippen molar-refractivity contribution in [2.24, 2.45) is 11.7 Å². The maximum atomic E-state index is 6.19. The fourth-order valence-corrected chi connectivity index (χ4v) is 2.03. The van der Waals surface area contributed by atoms with Gasteiger partial charge >= 0.3 is 0 Å². The molecule has 96 valence electrons. The van der Waals surface area contributed by atoms with Gasteiger partial charge in [-0.2, -0.15) is 0 Å². The van der Waals surface area contributed by atoms with Crippen molar-refractivity contribution in [2.75, 3.05) is 6.79 Å². The molecule has 2 atom stereocenters. The first-order valence-corrected chi connectivity index (χ1v) is 5.86. The molecular weight excluding hydrogens is 261 g/mol. The largest absolute Gasteiger partial charge is 0.454 e. The van der Waals surface area contributed by atoms with Crippen LogP contribution in [-0.4, -0.2) is 6.79 Å². The van der Waals surface area contributed by atoms with Gasteiger partial charge in [-0.3, -0.25) is 0 Å². The Morgan fingerprint density at radius 2 is 1.94 bits per heavy atom. The summed E-state index contributed by atoms with van der Waals surface area (Å²) >= 11 is 6.19. The molecule has 5 heteroatoms. The molecule has 0 spiro atoms. The van der Waals surface area contributed by atoms with Crippen LogP contribution >= 0.6 is 24.0 Å². The maximum absolute atomic E-state index is 6.19. The van der Waals surface area contributed by atoms with Gasteiger partial charge in [0.1, 0.15) is 0 Å². The molecule has 0 saturated heterocycles. The summed E-state index contributed by atoms with van der Waals surface area (Å²) in [6.07, 6.45) is 1.02. The van der Waals surface area contributed by atoms with E-state index < -0.39 is 0 Å². The van der Waals surface area contributed by atoms with Crippen LogP contribution in [0.3, 0.4) is 0 Å². The lowest BCUT2D eigenvalue weighted by Crippen LogP contribution is -2.18. The molecule has 3 nitrogen and oxygen atoms in total. The highest BCUT2D eigenvalue weighted by Gasteiger charge is 2.22. The summed E-state index contributed by atoms with van der Waals surface area (Å²) in [5.41, 5.74) is 7.09. The zero-order chi connectivity index (χ0) is 11.7. The van der Waals surface area contributed by atoms with Crippen molar-refractivity contribution in [1.29, 1.82) is 0 Å². The summed E-state index contributed by atoms with van der Waals surface area (Å²) in [4.78, 5) is 0. The fourth-order valence-electron chi connectivity index (χ4n) is 1.75. The second-order valence-corrected chi connectivity index (χ2v) is 4.55. The van der Waals surface area contributed by atoms with E-state index in [1.807, 2.05) is 6.07 Å². The van der Waals surface area contributed by atoms with Crippen LogP contribution in [-0.2, 0) is 0 Å². The molecule has 17 heavy (non-hydrogen) atoms. The molecule has 0 aliphatic carbocycles. The predicted molar refractivity (Wildman–Crippen MR) is 71.2 cm³/mol. The van der Waals surface area contributed by atoms with Crippen molar-refractivity contribution in [3.8, 4) is 11.5 Å². The van der Waals surface area contributed by atoms with Gasteiger partial charge in [0, 0.05) is 17.1 Å². The number of ether oxygens (including phenoxy) is 2. The van der Waals surface area contributed by atoms with Gasteiger partial charge in [-0.05, 0) is 17.5 Å². The highest BCUT2D eigenvalue weighted by atomic mass is 35.5. The Hall–Kier alpha value is -0.640. The van der Waals surface area contributed by atoms with E-state index in [0.717, 1.165) is 17.7 Å². The number of benzene rings is 1. The average molecular weight is 278 g/mol. The Morgan fingerprint density at radius 3 is 2.53 bits per heavy atom. The Labute approximate surface area is 113 Å². The summed E-state index contributed by atoms with van der Waals surface area (Å²) in [7, 11) is 0. The van der Waals surface area contributed by atoms with Gasteiger partial charge < -0.3 is 15.2 Å². The van der Waals surface area contributed by atoms with Crippen LogP contribution in [0.4, 0.5) is 0 Å². The van der Waals surface area contributed by atoms with Crippen molar-refractivity contribution in [3.63, 3.8) is 0 Å². The second kappa shape index (κ2) is 5.80. The van der Waals surface area contributed by atoms with Crippen molar-refractivity contribution in [2.45, 2.75) is 26.3 Å². The molecule has 1 aromatic carbocycles. The van der Waals surface area contributed by atoms with Crippen molar-refractivity contribution < 1.29 is 9.47 Å². The van der Waals surface area contributed by atoms with Gasteiger partial charge in [-0.1, -0.05) is 31.9 Å². The topological polar surface area (TPSA) is 44.5 Å². The SMILES string of the molecule is CCC(C)[C@H](N)c1cc2c(cc1Cl)OCO2.Cl. The molecule has 2 rings (SSSR count). The molecule has 0 aromatic heterocycles. The molecular formula is C12H17Cl2NO2. The predicted octanol–water partition coefficient (Wildman–Crippen LogP) is 3.54. The molecule has 1 aliphatic rings. The number of hydrogen-bond acceptors (Lipinski definition) is 3. The van der Waals surface area contributed by atoms with Gasteiger partial charge in [0.15, 0.2) is 11.5 Å². The number of rotatable bonds is 3. The van der Waals surface area contributed by atoms with E-state index in [2.05, 4.69) is 13.8 Å². The summed E-state index contributed by atoms with van der Waals surface area (Å²) in [6.45, 7) is 4.49. The summed E-state index contributed by atoms with van der Waals surface area (Å²) in [5.74, 6) is 1.82. The van der Waals surface area contributed by atoms with Crippen LogP contribution in [0.1, 0.15) is 31.9 Å². The smallest absolute Gasteiger partial charge is 0.231 e. The van der Waals surface area contributed by atoms with Gasteiger partial charge in [0.05, 0.1) is 0 Å². The monoisotopic (exact) mass is 277 g/mol. The lowest BCUT2D eigenvalue weighted by Gasteiger charge is -2.20. The average Bonchev–Trinajstić information content (AvgIpc) is 2.72. The van der Waals surface area contributed by atoms with E-state index in [-0.39, 0.29) is 25.2 Å². The minimum Gasteiger partial charge on any atom is -0.454 e.